The summed E-state index contributed by atoms with van der Waals surface area (Å²) >= 11 is 0. The highest BCUT2D eigenvalue weighted by Gasteiger charge is 2.29. The predicted molar refractivity (Wildman–Crippen MR) is 86.8 cm³/mol. The van der Waals surface area contributed by atoms with Crippen molar-refractivity contribution < 1.29 is 9.21 Å². The third-order valence-electron chi connectivity index (χ3n) is 4.51. The van der Waals surface area contributed by atoms with Crippen molar-refractivity contribution in [2.24, 2.45) is 0 Å². The number of hydrogen-bond donors (Lipinski definition) is 1. The molecule has 1 aromatic carbocycles. The van der Waals surface area contributed by atoms with Gasteiger partial charge in [-0.05, 0) is 37.5 Å². The number of piperidine rings is 1. The van der Waals surface area contributed by atoms with Crippen molar-refractivity contribution in [2.75, 3.05) is 6.54 Å². The van der Waals surface area contributed by atoms with Crippen molar-refractivity contribution in [2.45, 2.75) is 31.7 Å². The van der Waals surface area contributed by atoms with E-state index in [0.717, 1.165) is 48.2 Å². The van der Waals surface area contributed by atoms with E-state index in [4.69, 9.17) is 4.42 Å². The molecule has 1 N–H and O–H groups in total. The molecule has 0 bridgehead atoms. The van der Waals surface area contributed by atoms with E-state index in [9.17, 15) is 4.79 Å². The Kier molecular flexibility index (Phi) is 3.61. The van der Waals surface area contributed by atoms with Gasteiger partial charge in [-0.25, -0.2) is 0 Å². The third-order valence-corrected chi connectivity index (χ3v) is 4.51. The number of aromatic nitrogens is 2. The van der Waals surface area contributed by atoms with Crippen LogP contribution in [0.5, 0.6) is 0 Å². The Morgan fingerprint density at radius 2 is 2.22 bits per heavy atom. The van der Waals surface area contributed by atoms with Crippen molar-refractivity contribution in [1.82, 2.24) is 15.1 Å². The van der Waals surface area contributed by atoms with Crippen molar-refractivity contribution in [3.8, 4) is 0 Å². The highest BCUT2D eigenvalue weighted by Crippen LogP contribution is 2.30. The lowest BCUT2D eigenvalue weighted by atomic mass is 9.99. The van der Waals surface area contributed by atoms with Gasteiger partial charge in [0, 0.05) is 18.1 Å². The van der Waals surface area contributed by atoms with Crippen LogP contribution in [-0.2, 0) is 11.2 Å². The Morgan fingerprint density at radius 1 is 1.30 bits per heavy atom. The molecule has 1 fully saturated rings. The van der Waals surface area contributed by atoms with Gasteiger partial charge in [0.1, 0.15) is 11.3 Å². The van der Waals surface area contributed by atoms with E-state index in [1.165, 1.54) is 0 Å². The maximum Gasteiger partial charge on any atom is 0.230 e. The Hall–Kier alpha value is -2.56. The number of rotatable bonds is 3. The SMILES string of the molecule is O=C(Cc1cc2ccccc2o1)N1CCCCC1c1ccn[nH]1. The average Bonchev–Trinajstić information content (AvgIpc) is 3.24. The maximum atomic E-state index is 12.8. The summed E-state index contributed by atoms with van der Waals surface area (Å²) in [5, 5.41) is 8.07. The van der Waals surface area contributed by atoms with Crippen LogP contribution < -0.4 is 0 Å². The third kappa shape index (κ3) is 2.74. The van der Waals surface area contributed by atoms with Crippen LogP contribution in [0.15, 0.2) is 47.0 Å². The molecule has 0 saturated carbocycles. The van der Waals surface area contributed by atoms with Crippen LogP contribution in [-0.4, -0.2) is 27.5 Å². The molecule has 1 amide bonds. The number of likely N-dealkylation sites (tertiary alicyclic amines) is 1. The molecule has 0 radical (unpaired) electrons. The largest absolute Gasteiger partial charge is 0.461 e. The quantitative estimate of drug-likeness (QED) is 0.806. The molecule has 2 aromatic heterocycles. The first-order valence-corrected chi connectivity index (χ1v) is 8.07. The molecular formula is C18H19N3O2. The highest BCUT2D eigenvalue weighted by molar-refractivity contribution is 5.82. The standard InChI is InChI=1S/C18H19N3O2/c22-18(12-14-11-13-5-1-2-7-17(13)23-14)21-10-4-3-6-16(21)15-8-9-19-20-15/h1-2,5,7-9,11,16H,3-4,6,10,12H2,(H,19,20). The molecule has 3 heterocycles. The summed E-state index contributed by atoms with van der Waals surface area (Å²) in [6, 6.07) is 11.9. The number of para-hydroxylation sites is 1. The van der Waals surface area contributed by atoms with Crippen molar-refractivity contribution in [3.63, 3.8) is 0 Å². The molecule has 23 heavy (non-hydrogen) atoms. The van der Waals surface area contributed by atoms with Crippen LogP contribution in [0.2, 0.25) is 0 Å². The molecule has 5 nitrogen and oxygen atoms in total. The number of nitrogens with one attached hydrogen (secondary N) is 1. The minimum absolute atomic E-state index is 0.100. The van der Waals surface area contributed by atoms with E-state index in [2.05, 4.69) is 10.2 Å². The van der Waals surface area contributed by atoms with E-state index >= 15 is 0 Å². The summed E-state index contributed by atoms with van der Waals surface area (Å²) in [5.74, 6) is 0.841. The van der Waals surface area contributed by atoms with Gasteiger partial charge < -0.3 is 9.32 Å². The number of carbonyl (C=O) groups excluding carboxylic acids is 1. The van der Waals surface area contributed by atoms with Gasteiger partial charge in [0.05, 0.1) is 18.2 Å². The van der Waals surface area contributed by atoms with Gasteiger partial charge >= 0.3 is 0 Å². The molecule has 1 aliphatic heterocycles. The van der Waals surface area contributed by atoms with Crippen LogP contribution in [0.3, 0.4) is 0 Å². The molecule has 3 aromatic rings. The second-order valence-electron chi connectivity index (χ2n) is 6.04. The first kappa shape index (κ1) is 14.1. The molecule has 4 rings (SSSR count). The summed E-state index contributed by atoms with van der Waals surface area (Å²) in [7, 11) is 0. The number of hydrogen-bond acceptors (Lipinski definition) is 3. The zero-order valence-electron chi connectivity index (χ0n) is 12.9. The van der Waals surface area contributed by atoms with Crippen LogP contribution in [0.4, 0.5) is 0 Å². The smallest absolute Gasteiger partial charge is 0.230 e. The maximum absolute atomic E-state index is 12.8. The second-order valence-corrected chi connectivity index (χ2v) is 6.04. The monoisotopic (exact) mass is 309 g/mol. The normalized spacial score (nSPS) is 18.4. The van der Waals surface area contributed by atoms with Crippen molar-refractivity contribution in [3.05, 3.63) is 54.0 Å². The number of carbonyl (C=O) groups is 1. The summed E-state index contributed by atoms with van der Waals surface area (Å²) in [6.07, 6.45) is 5.22. The molecule has 5 heteroatoms. The summed E-state index contributed by atoms with van der Waals surface area (Å²) < 4.78 is 5.79. The van der Waals surface area contributed by atoms with Gasteiger partial charge in [0.25, 0.3) is 0 Å². The molecule has 118 valence electrons. The minimum Gasteiger partial charge on any atom is -0.461 e. The first-order valence-electron chi connectivity index (χ1n) is 8.07. The molecule has 1 unspecified atom stereocenters. The fourth-order valence-corrected chi connectivity index (χ4v) is 3.38. The second kappa shape index (κ2) is 5.91. The fourth-order valence-electron chi connectivity index (χ4n) is 3.38. The number of aromatic amines is 1. The van der Waals surface area contributed by atoms with E-state index in [0.29, 0.717) is 6.42 Å². The molecule has 0 spiro atoms. The van der Waals surface area contributed by atoms with E-state index in [1.807, 2.05) is 41.3 Å². The lowest BCUT2D eigenvalue weighted by Gasteiger charge is -2.35. The van der Waals surface area contributed by atoms with E-state index in [1.54, 1.807) is 6.20 Å². The zero-order chi connectivity index (χ0) is 15.6. The van der Waals surface area contributed by atoms with Gasteiger partial charge in [0.2, 0.25) is 5.91 Å². The topological polar surface area (TPSA) is 62.1 Å². The Labute approximate surface area is 134 Å². The number of furan rings is 1. The van der Waals surface area contributed by atoms with Gasteiger partial charge in [-0.3, -0.25) is 9.89 Å². The van der Waals surface area contributed by atoms with Crippen LogP contribution >= 0.6 is 0 Å². The molecule has 1 atom stereocenters. The first-order chi connectivity index (χ1) is 11.3. The van der Waals surface area contributed by atoms with Crippen LogP contribution in [0.1, 0.15) is 36.8 Å². The van der Waals surface area contributed by atoms with Crippen LogP contribution in [0.25, 0.3) is 11.0 Å². The number of nitrogens with zero attached hydrogens (tertiary/aromatic N) is 2. The highest BCUT2D eigenvalue weighted by atomic mass is 16.3. The Balaban J connectivity index is 1.54. The van der Waals surface area contributed by atoms with Gasteiger partial charge in [0.15, 0.2) is 0 Å². The summed E-state index contributed by atoms with van der Waals surface area (Å²) in [4.78, 5) is 14.7. The predicted octanol–water partition coefficient (Wildman–Crippen LogP) is 3.45. The van der Waals surface area contributed by atoms with Crippen LogP contribution in [0, 0.1) is 0 Å². The molecule has 1 saturated heterocycles. The van der Waals surface area contributed by atoms with E-state index < -0.39 is 0 Å². The number of benzene rings is 1. The number of H-pyrrole nitrogens is 1. The summed E-state index contributed by atoms with van der Waals surface area (Å²) in [5.41, 5.74) is 1.85. The van der Waals surface area contributed by atoms with Gasteiger partial charge in [-0.15, -0.1) is 0 Å². The number of fused-ring (bicyclic) bond motifs is 1. The Morgan fingerprint density at radius 3 is 3.04 bits per heavy atom. The van der Waals surface area contributed by atoms with E-state index in [-0.39, 0.29) is 11.9 Å². The minimum atomic E-state index is 0.100. The van der Waals surface area contributed by atoms with Crippen molar-refractivity contribution in [1.29, 1.82) is 0 Å². The molecular weight excluding hydrogens is 290 g/mol. The zero-order valence-corrected chi connectivity index (χ0v) is 12.9. The molecule has 1 aliphatic rings. The lowest BCUT2D eigenvalue weighted by Crippen LogP contribution is -2.39. The summed E-state index contributed by atoms with van der Waals surface area (Å²) in [6.45, 7) is 0.794. The van der Waals surface area contributed by atoms with Crippen molar-refractivity contribution >= 4 is 16.9 Å². The molecule has 0 aliphatic carbocycles. The average molecular weight is 309 g/mol. The van der Waals surface area contributed by atoms with Gasteiger partial charge in [-0.1, -0.05) is 18.2 Å². The van der Waals surface area contributed by atoms with Gasteiger partial charge in [-0.2, -0.15) is 5.10 Å². The fraction of sp³-hybridized carbons (Fsp3) is 0.333. The number of amides is 1. The Bertz CT molecular complexity index is 774. The lowest BCUT2D eigenvalue weighted by molar-refractivity contribution is -0.134.